The van der Waals surface area contributed by atoms with Crippen molar-refractivity contribution in [3.63, 3.8) is 0 Å². The molecule has 0 fully saturated rings. The quantitative estimate of drug-likeness (QED) is 0.759. The summed E-state index contributed by atoms with van der Waals surface area (Å²) < 4.78 is 7.04. The summed E-state index contributed by atoms with van der Waals surface area (Å²) in [4.78, 5) is 16.7. The number of benzene rings is 2. The van der Waals surface area contributed by atoms with E-state index < -0.39 is 0 Å². The Morgan fingerprint density at radius 2 is 1.96 bits per heavy atom. The van der Waals surface area contributed by atoms with Gasteiger partial charge in [0.15, 0.2) is 0 Å². The molecule has 124 valence electrons. The van der Waals surface area contributed by atoms with Crippen molar-refractivity contribution in [2.24, 2.45) is 0 Å². The molecule has 0 saturated carbocycles. The number of nitrogens with zero attached hydrogens (tertiary/aromatic N) is 2. The van der Waals surface area contributed by atoms with E-state index in [1.807, 2.05) is 60.0 Å². The number of rotatable bonds is 6. The summed E-state index contributed by atoms with van der Waals surface area (Å²) >= 11 is 0. The smallest absolute Gasteiger partial charge is 0.242 e. The number of para-hydroxylation sites is 2. The molecular formula is C19H21N3O2. The second-order valence-corrected chi connectivity index (χ2v) is 5.71. The zero-order chi connectivity index (χ0) is 16.9. The number of nitrogens with one attached hydrogen (secondary N) is 1. The van der Waals surface area contributed by atoms with Crippen LogP contribution in [0.2, 0.25) is 0 Å². The Kier molecular flexibility index (Phi) is 4.79. The van der Waals surface area contributed by atoms with E-state index in [0.29, 0.717) is 6.54 Å². The van der Waals surface area contributed by atoms with Gasteiger partial charge in [0.2, 0.25) is 5.91 Å². The van der Waals surface area contributed by atoms with Gasteiger partial charge in [0.05, 0.1) is 24.5 Å². The van der Waals surface area contributed by atoms with Gasteiger partial charge in [-0.2, -0.15) is 0 Å². The first kappa shape index (κ1) is 16.1. The van der Waals surface area contributed by atoms with Gasteiger partial charge in [0.1, 0.15) is 11.8 Å². The molecule has 1 amide bonds. The fraction of sp³-hybridized carbons (Fsp3) is 0.263. The number of aromatic nitrogens is 2. The van der Waals surface area contributed by atoms with Gasteiger partial charge < -0.3 is 14.6 Å². The monoisotopic (exact) mass is 323 g/mol. The maximum Gasteiger partial charge on any atom is 0.242 e. The van der Waals surface area contributed by atoms with Crippen LogP contribution in [0.1, 0.15) is 18.5 Å². The highest BCUT2D eigenvalue weighted by atomic mass is 16.5. The number of carbonyl (C=O) groups is 1. The van der Waals surface area contributed by atoms with Crippen LogP contribution in [-0.4, -0.2) is 29.1 Å². The first-order valence-corrected chi connectivity index (χ1v) is 8.01. The number of carbonyl (C=O) groups excluding carboxylic acids is 1. The van der Waals surface area contributed by atoms with Gasteiger partial charge in [-0.15, -0.1) is 0 Å². The van der Waals surface area contributed by atoms with Gasteiger partial charge in [-0.05, 0) is 43.2 Å². The van der Waals surface area contributed by atoms with Crippen LogP contribution < -0.4 is 10.1 Å². The summed E-state index contributed by atoms with van der Waals surface area (Å²) in [5, 5.41) is 2.99. The van der Waals surface area contributed by atoms with Crippen LogP contribution in [0, 0.1) is 0 Å². The van der Waals surface area contributed by atoms with Crippen LogP contribution in [0.3, 0.4) is 0 Å². The maximum absolute atomic E-state index is 12.4. The lowest BCUT2D eigenvalue weighted by atomic mass is 10.1. The molecule has 5 nitrogen and oxygen atoms in total. The second kappa shape index (κ2) is 7.17. The fourth-order valence-corrected chi connectivity index (χ4v) is 2.68. The summed E-state index contributed by atoms with van der Waals surface area (Å²) in [6.45, 7) is 2.49. The van der Waals surface area contributed by atoms with Crippen molar-refractivity contribution >= 4 is 16.9 Å². The molecule has 3 aromatic rings. The Morgan fingerprint density at radius 3 is 2.71 bits per heavy atom. The average Bonchev–Trinajstić information content (AvgIpc) is 3.05. The Hall–Kier alpha value is -2.82. The Morgan fingerprint density at radius 1 is 1.21 bits per heavy atom. The molecule has 0 bridgehead atoms. The van der Waals surface area contributed by atoms with Crippen LogP contribution >= 0.6 is 0 Å². The summed E-state index contributed by atoms with van der Waals surface area (Å²) in [5.41, 5.74) is 3.03. The van der Waals surface area contributed by atoms with Crippen molar-refractivity contribution in [3.05, 3.63) is 60.4 Å². The van der Waals surface area contributed by atoms with E-state index in [9.17, 15) is 4.79 Å². The van der Waals surface area contributed by atoms with Gasteiger partial charge in [0, 0.05) is 6.54 Å². The fourth-order valence-electron chi connectivity index (χ4n) is 2.68. The van der Waals surface area contributed by atoms with Crippen molar-refractivity contribution in [3.8, 4) is 5.75 Å². The number of imidazole rings is 1. The van der Waals surface area contributed by atoms with Gasteiger partial charge in [-0.3, -0.25) is 4.79 Å². The van der Waals surface area contributed by atoms with E-state index in [0.717, 1.165) is 28.8 Å². The van der Waals surface area contributed by atoms with Crippen LogP contribution in [0.15, 0.2) is 54.9 Å². The van der Waals surface area contributed by atoms with E-state index in [1.54, 1.807) is 13.4 Å². The lowest BCUT2D eigenvalue weighted by molar-refractivity contribution is -0.123. The van der Waals surface area contributed by atoms with E-state index in [1.165, 1.54) is 0 Å². The molecule has 5 heteroatoms. The van der Waals surface area contributed by atoms with Gasteiger partial charge in [-0.25, -0.2) is 4.98 Å². The van der Waals surface area contributed by atoms with Crippen LogP contribution in [-0.2, 0) is 11.2 Å². The largest absolute Gasteiger partial charge is 0.497 e. The topological polar surface area (TPSA) is 56.1 Å². The summed E-state index contributed by atoms with van der Waals surface area (Å²) in [5.74, 6) is 0.829. The number of amides is 1. The molecule has 1 atom stereocenters. The molecule has 24 heavy (non-hydrogen) atoms. The Labute approximate surface area is 141 Å². The zero-order valence-corrected chi connectivity index (χ0v) is 13.9. The van der Waals surface area contributed by atoms with Gasteiger partial charge in [-0.1, -0.05) is 24.3 Å². The third-order valence-corrected chi connectivity index (χ3v) is 4.15. The highest BCUT2D eigenvalue weighted by molar-refractivity contribution is 5.83. The van der Waals surface area contributed by atoms with E-state index in [4.69, 9.17) is 4.74 Å². The number of ether oxygens (including phenoxy) is 1. The molecule has 0 saturated heterocycles. The van der Waals surface area contributed by atoms with Crippen LogP contribution in [0.25, 0.3) is 11.0 Å². The van der Waals surface area contributed by atoms with Gasteiger partial charge >= 0.3 is 0 Å². The summed E-state index contributed by atoms with van der Waals surface area (Å²) in [6.07, 6.45) is 2.51. The minimum absolute atomic E-state index is 0.00772. The zero-order valence-electron chi connectivity index (χ0n) is 13.9. The molecule has 1 heterocycles. The Bertz CT molecular complexity index is 824. The minimum atomic E-state index is -0.298. The van der Waals surface area contributed by atoms with Crippen molar-refractivity contribution in [1.82, 2.24) is 14.9 Å². The SMILES string of the molecule is COc1ccc(CCNC(=O)C(C)n2cnc3ccccc32)cc1. The molecular weight excluding hydrogens is 302 g/mol. The van der Waals surface area contributed by atoms with Crippen molar-refractivity contribution in [2.45, 2.75) is 19.4 Å². The maximum atomic E-state index is 12.4. The van der Waals surface area contributed by atoms with E-state index in [2.05, 4.69) is 10.3 Å². The van der Waals surface area contributed by atoms with Crippen LogP contribution in [0.4, 0.5) is 0 Å². The first-order chi connectivity index (χ1) is 11.7. The molecule has 0 radical (unpaired) electrons. The first-order valence-electron chi connectivity index (χ1n) is 8.01. The molecule has 0 aliphatic carbocycles. The number of hydrogen-bond donors (Lipinski definition) is 1. The molecule has 2 aromatic carbocycles. The van der Waals surface area contributed by atoms with E-state index in [-0.39, 0.29) is 11.9 Å². The predicted octanol–water partition coefficient (Wildman–Crippen LogP) is 2.96. The highest BCUT2D eigenvalue weighted by Crippen LogP contribution is 2.17. The third-order valence-electron chi connectivity index (χ3n) is 4.15. The van der Waals surface area contributed by atoms with Gasteiger partial charge in [0.25, 0.3) is 0 Å². The summed E-state index contributed by atoms with van der Waals surface area (Å²) in [7, 11) is 1.65. The number of fused-ring (bicyclic) bond motifs is 1. The normalized spacial score (nSPS) is 12.1. The summed E-state index contributed by atoms with van der Waals surface area (Å²) in [6, 6.07) is 15.4. The molecule has 0 aliphatic heterocycles. The van der Waals surface area contributed by atoms with Crippen molar-refractivity contribution in [1.29, 1.82) is 0 Å². The minimum Gasteiger partial charge on any atom is -0.497 e. The standard InChI is InChI=1S/C19H21N3O2/c1-14(22-13-21-17-5-3-4-6-18(17)22)19(23)20-12-11-15-7-9-16(24-2)10-8-15/h3-10,13-14H,11-12H2,1-2H3,(H,20,23). The van der Waals surface area contributed by atoms with Crippen LogP contribution in [0.5, 0.6) is 5.75 Å². The average molecular weight is 323 g/mol. The predicted molar refractivity (Wildman–Crippen MR) is 94.2 cm³/mol. The van der Waals surface area contributed by atoms with Crippen molar-refractivity contribution < 1.29 is 9.53 Å². The second-order valence-electron chi connectivity index (χ2n) is 5.71. The molecule has 0 aliphatic rings. The number of methoxy groups -OCH3 is 1. The molecule has 3 rings (SSSR count). The highest BCUT2D eigenvalue weighted by Gasteiger charge is 2.16. The molecule has 1 N–H and O–H groups in total. The lowest BCUT2D eigenvalue weighted by Gasteiger charge is -2.14. The molecule has 1 aromatic heterocycles. The van der Waals surface area contributed by atoms with E-state index >= 15 is 0 Å². The molecule has 0 spiro atoms. The van der Waals surface area contributed by atoms with Crippen molar-refractivity contribution in [2.75, 3.05) is 13.7 Å². The lowest BCUT2D eigenvalue weighted by Crippen LogP contribution is -2.32. The third kappa shape index (κ3) is 3.40. The Balaban J connectivity index is 1.58. The molecule has 1 unspecified atom stereocenters. The number of hydrogen-bond acceptors (Lipinski definition) is 3.